The Morgan fingerprint density at radius 1 is 1.35 bits per heavy atom. The number of hydrogen-bond donors (Lipinski definition) is 0. The molecular formula is C15H18ClN3O4. The van der Waals surface area contributed by atoms with Gasteiger partial charge in [-0.1, -0.05) is 6.07 Å². The number of rotatable bonds is 7. The highest BCUT2D eigenvalue weighted by molar-refractivity contribution is 6.17. The smallest absolute Gasteiger partial charge is 0.325 e. The predicted molar refractivity (Wildman–Crippen MR) is 82.3 cm³/mol. The Hall–Kier alpha value is -2.28. The van der Waals surface area contributed by atoms with Crippen molar-refractivity contribution in [3.63, 3.8) is 0 Å². The van der Waals surface area contributed by atoms with E-state index in [1.807, 2.05) is 18.2 Å². The van der Waals surface area contributed by atoms with Crippen LogP contribution in [0.15, 0.2) is 27.7 Å². The van der Waals surface area contributed by atoms with Crippen molar-refractivity contribution in [3.8, 4) is 11.5 Å². The lowest BCUT2D eigenvalue weighted by atomic mass is 10.1. The predicted octanol–water partition coefficient (Wildman–Crippen LogP) is 1.37. The summed E-state index contributed by atoms with van der Waals surface area (Å²) in [5, 5.41) is 15.0. The Kier molecular flexibility index (Phi) is 5.81. The second-order valence-corrected chi connectivity index (χ2v) is 5.02. The van der Waals surface area contributed by atoms with Gasteiger partial charge in [-0.05, 0) is 35.2 Å². The molecule has 2 aromatic rings. The van der Waals surface area contributed by atoms with Gasteiger partial charge in [0.25, 0.3) is 5.69 Å². The van der Waals surface area contributed by atoms with Gasteiger partial charge in [-0.15, -0.1) is 11.6 Å². The molecule has 0 aliphatic carbocycles. The molecule has 7 nitrogen and oxygen atoms in total. The van der Waals surface area contributed by atoms with E-state index in [1.54, 1.807) is 18.9 Å². The van der Waals surface area contributed by atoms with Crippen molar-refractivity contribution < 1.29 is 23.8 Å². The van der Waals surface area contributed by atoms with Crippen LogP contribution in [-0.2, 0) is 18.8 Å². The first kappa shape index (κ1) is 17.1. The average molecular weight is 340 g/mol. The van der Waals surface area contributed by atoms with Gasteiger partial charge in [-0.3, -0.25) is 4.52 Å². The molecule has 1 aromatic heterocycles. The fourth-order valence-electron chi connectivity index (χ4n) is 2.10. The van der Waals surface area contributed by atoms with E-state index >= 15 is 0 Å². The SMILES string of the molecule is COc1ccc(CC[n+]2noc(/N=C(/C)[O-])c2CCl)cc1OC. The summed E-state index contributed by atoms with van der Waals surface area (Å²) in [6, 6.07) is 5.70. The third kappa shape index (κ3) is 4.13. The third-order valence-electron chi connectivity index (χ3n) is 3.23. The molecule has 23 heavy (non-hydrogen) atoms. The molecule has 0 spiro atoms. The molecule has 0 atom stereocenters. The lowest BCUT2D eigenvalue weighted by Gasteiger charge is -2.08. The molecule has 2 rings (SSSR count). The molecule has 1 aromatic carbocycles. The van der Waals surface area contributed by atoms with E-state index in [0.29, 0.717) is 30.2 Å². The summed E-state index contributed by atoms with van der Waals surface area (Å²) in [4.78, 5) is 3.75. The number of nitrogens with zero attached hydrogens (tertiary/aromatic N) is 3. The molecule has 0 saturated heterocycles. The Morgan fingerprint density at radius 3 is 2.70 bits per heavy atom. The highest BCUT2D eigenvalue weighted by atomic mass is 35.5. The lowest BCUT2D eigenvalue weighted by Crippen LogP contribution is -2.40. The number of aromatic nitrogens is 2. The standard InChI is InChI=1S/C15H18ClN3O4/c1-10(20)17-15-12(9-16)19(18-23-15)7-6-11-4-5-13(21-2)14(8-11)22-3/h4-5,8H,6-7,9H2,1-3H3. The van der Waals surface area contributed by atoms with Crippen molar-refractivity contribution in [2.24, 2.45) is 4.99 Å². The van der Waals surface area contributed by atoms with E-state index in [1.165, 1.54) is 6.92 Å². The first-order valence-corrected chi connectivity index (χ1v) is 7.50. The summed E-state index contributed by atoms with van der Waals surface area (Å²) in [7, 11) is 3.19. The average Bonchev–Trinajstić information content (AvgIpc) is 2.93. The molecule has 0 saturated carbocycles. The van der Waals surface area contributed by atoms with Crippen LogP contribution in [0.4, 0.5) is 5.88 Å². The zero-order valence-corrected chi connectivity index (χ0v) is 14.0. The lowest BCUT2D eigenvalue weighted by molar-refractivity contribution is -0.767. The first-order valence-electron chi connectivity index (χ1n) is 6.97. The summed E-state index contributed by atoms with van der Waals surface area (Å²) in [6.45, 7) is 1.88. The molecule has 8 heteroatoms. The molecule has 0 bridgehead atoms. The quantitative estimate of drug-likeness (QED) is 0.329. The minimum atomic E-state index is -0.362. The zero-order chi connectivity index (χ0) is 16.8. The Balaban J connectivity index is 2.15. The van der Waals surface area contributed by atoms with Crippen molar-refractivity contribution in [2.75, 3.05) is 14.2 Å². The highest BCUT2D eigenvalue weighted by Crippen LogP contribution is 2.27. The number of ether oxygens (including phenoxy) is 2. The second-order valence-electron chi connectivity index (χ2n) is 4.75. The van der Waals surface area contributed by atoms with E-state index in [4.69, 9.17) is 25.6 Å². The van der Waals surface area contributed by atoms with Crippen molar-refractivity contribution in [1.82, 2.24) is 5.27 Å². The summed E-state index contributed by atoms with van der Waals surface area (Å²) in [5.41, 5.74) is 1.62. The molecule has 1 heterocycles. The van der Waals surface area contributed by atoms with E-state index in [0.717, 1.165) is 5.56 Å². The van der Waals surface area contributed by atoms with Crippen LogP contribution in [0.3, 0.4) is 0 Å². The number of methoxy groups -OCH3 is 2. The number of alkyl halides is 1. The molecule has 0 aliphatic heterocycles. The van der Waals surface area contributed by atoms with Crippen LogP contribution in [0, 0.1) is 0 Å². The normalized spacial score (nSPS) is 11.6. The van der Waals surface area contributed by atoms with Crippen LogP contribution in [0.2, 0.25) is 0 Å². The van der Waals surface area contributed by atoms with Crippen molar-refractivity contribution in [3.05, 3.63) is 29.5 Å². The highest BCUT2D eigenvalue weighted by Gasteiger charge is 2.23. The third-order valence-corrected chi connectivity index (χ3v) is 3.48. The van der Waals surface area contributed by atoms with E-state index in [2.05, 4.69) is 10.3 Å². The minimum Gasteiger partial charge on any atom is -0.862 e. The van der Waals surface area contributed by atoms with Gasteiger partial charge < -0.3 is 14.6 Å². The van der Waals surface area contributed by atoms with Gasteiger partial charge in [-0.25, -0.2) is 4.99 Å². The van der Waals surface area contributed by atoms with Crippen LogP contribution < -0.4 is 19.3 Å². The van der Waals surface area contributed by atoms with Crippen LogP contribution in [0.5, 0.6) is 11.5 Å². The molecule has 0 unspecified atom stereocenters. The second kappa shape index (κ2) is 7.82. The number of benzene rings is 1. The van der Waals surface area contributed by atoms with Gasteiger partial charge in [0.1, 0.15) is 5.88 Å². The first-order chi connectivity index (χ1) is 11.1. The van der Waals surface area contributed by atoms with Crippen LogP contribution in [0.1, 0.15) is 18.2 Å². The number of aliphatic imine (C=N–C) groups is 1. The summed E-state index contributed by atoms with van der Waals surface area (Å²) >= 11 is 5.90. The zero-order valence-electron chi connectivity index (χ0n) is 13.2. The molecule has 0 aliphatic rings. The summed E-state index contributed by atoms with van der Waals surface area (Å²) < 4.78 is 17.2. The van der Waals surface area contributed by atoms with E-state index in [-0.39, 0.29) is 17.7 Å². The maximum Gasteiger partial charge on any atom is 0.325 e. The van der Waals surface area contributed by atoms with Crippen LogP contribution in [-0.4, -0.2) is 25.4 Å². The molecule has 124 valence electrons. The van der Waals surface area contributed by atoms with E-state index < -0.39 is 0 Å². The van der Waals surface area contributed by atoms with Gasteiger partial charge in [0.05, 0.1) is 14.2 Å². The Bertz CT molecular complexity index is 696. The van der Waals surface area contributed by atoms with Gasteiger partial charge in [-0.2, -0.15) is 0 Å². The maximum absolute atomic E-state index is 11.1. The molecule has 0 radical (unpaired) electrons. The Morgan fingerprint density at radius 2 is 2.09 bits per heavy atom. The van der Waals surface area contributed by atoms with Crippen molar-refractivity contribution >= 4 is 23.4 Å². The van der Waals surface area contributed by atoms with E-state index in [9.17, 15) is 5.11 Å². The van der Waals surface area contributed by atoms with Gasteiger partial charge in [0.2, 0.25) is 5.27 Å². The Labute approximate surface area is 139 Å². The molecular weight excluding hydrogens is 322 g/mol. The number of halogens is 1. The van der Waals surface area contributed by atoms with Crippen molar-refractivity contribution in [2.45, 2.75) is 25.8 Å². The van der Waals surface area contributed by atoms with Gasteiger partial charge in [0, 0.05) is 6.42 Å². The molecule has 0 amide bonds. The minimum absolute atomic E-state index is 0.153. The van der Waals surface area contributed by atoms with Crippen LogP contribution in [0.25, 0.3) is 0 Å². The van der Waals surface area contributed by atoms with Gasteiger partial charge in [0.15, 0.2) is 18.0 Å². The molecule has 0 N–H and O–H groups in total. The van der Waals surface area contributed by atoms with Crippen molar-refractivity contribution in [1.29, 1.82) is 0 Å². The topological polar surface area (TPSA) is 83.8 Å². The largest absolute Gasteiger partial charge is 0.862 e. The monoisotopic (exact) mass is 339 g/mol. The van der Waals surface area contributed by atoms with Gasteiger partial charge >= 0.3 is 5.88 Å². The fourth-order valence-corrected chi connectivity index (χ4v) is 2.35. The molecule has 0 fully saturated rings. The number of hydrogen-bond acceptors (Lipinski definition) is 6. The summed E-state index contributed by atoms with van der Waals surface area (Å²) in [5.74, 6) is 1.29. The fraction of sp³-hybridized carbons (Fsp3) is 0.400. The van der Waals surface area contributed by atoms with Crippen LogP contribution >= 0.6 is 11.6 Å². The maximum atomic E-state index is 11.1. The number of aryl methyl sites for hydroxylation is 2. The summed E-state index contributed by atoms with van der Waals surface area (Å²) in [6.07, 6.45) is 0.682.